The molecule has 0 N–H and O–H groups in total. The van der Waals surface area contributed by atoms with E-state index >= 15 is 0 Å². The van der Waals surface area contributed by atoms with Gasteiger partial charge < -0.3 is 0 Å². The van der Waals surface area contributed by atoms with Gasteiger partial charge in [-0.1, -0.05) is 127 Å². The van der Waals surface area contributed by atoms with Crippen molar-refractivity contribution in [2.75, 3.05) is 0 Å². The van der Waals surface area contributed by atoms with Crippen LogP contribution in [0.25, 0.3) is 33.1 Å². The molecule has 0 saturated heterocycles. The van der Waals surface area contributed by atoms with Crippen molar-refractivity contribution in [3.63, 3.8) is 0 Å². The first-order chi connectivity index (χ1) is 22.8. The largest absolute Gasteiger partial charge is 0.361 e. The summed E-state index contributed by atoms with van der Waals surface area (Å²) < 4.78 is 40.5. The number of hydrogen-bond acceptors (Lipinski definition) is 5. The van der Waals surface area contributed by atoms with Gasteiger partial charge in [0.25, 0.3) is 0 Å². The van der Waals surface area contributed by atoms with Gasteiger partial charge in [-0.15, -0.1) is 21.6 Å². The van der Waals surface area contributed by atoms with Gasteiger partial charge in [0.15, 0.2) is 0 Å². The highest BCUT2D eigenvalue weighted by atomic mass is 35.7. The van der Waals surface area contributed by atoms with E-state index in [2.05, 4.69) is 164 Å². The molecule has 2 heterocycles. The zero-order valence-corrected chi connectivity index (χ0v) is 26.6. The van der Waals surface area contributed by atoms with Gasteiger partial charge in [0.2, 0.25) is 0 Å². The Bertz CT molecular complexity index is 1850. The summed E-state index contributed by atoms with van der Waals surface area (Å²) >= 11 is 1.84. The Morgan fingerprint density at radius 2 is 0.766 bits per heavy atom. The van der Waals surface area contributed by atoms with Crippen molar-refractivity contribution in [2.24, 2.45) is 0 Å². The number of hydrogen-bond donors (Lipinski definition) is 0. The first-order valence-corrected chi connectivity index (χ1v) is 16.9. The number of halogens is 1. The summed E-state index contributed by atoms with van der Waals surface area (Å²) in [6.45, 7) is 0. The van der Waals surface area contributed by atoms with Crippen molar-refractivity contribution in [3.8, 4) is 33.1 Å². The smallest absolute Gasteiger partial charge is 0.222 e. The highest BCUT2D eigenvalue weighted by Crippen LogP contribution is 2.49. The van der Waals surface area contributed by atoms with E-state index in [0.29, 0.717) is 0 Å². The van der Waals surface area contributed by atoms with Crippen LogP contribution in [-0.2, 0) is 5.41 Å². The third-order valence-corrected chi connectivity index (χ3v) is 9.04. The van der Waals surface area contributed by atoms with E-state index in [-0.39, 0.29) is 0 Å². The molecule has 0 atom stereocenters. The predicted molar refractivity (Wildman–Crippen MR) is 176 cm³/mol. The maximum atomic E-state index is 8.49. The Kier molecular flexibility index (Phi) is 9.71. The van der Waals surface area contributed by atoms with E-state index in [0.717, 1.165) is 28.2 Å². The van der Waals surface area contributed by atoms with Crippen LogP contribution in [0.3, 0.4) is 0 Å². The van der Waals surface area contributed by atoms with Gasteiger partial charge in [0, 0.05) is 15.3 Å². The topological polar surface area (TPSA) is 104 Å². The van der Waals surface area contributed by atoms with Crippen molar-refractivity contribution in [3.05, 3.63) is 197 Å². The van der Waals surface area contributed by atoms with E-state index in [4.69, 9.17) is 23.1 Å². The fraction of sp³-hybridized carbons (Fsp3) is 0.0250. The van der Waals surface area contributed by atoms with Crippen LogP contribution >= 0.6 is 11.3 Å². The lowest BCUT2D eigenvalue weighted by atomic mass is 9.68. The van der Waals surface area contributed by atoms with Crippen molar-refractivity contribution in [2.45, 2.75) is 5.41 Å². The normalized spacial score (nSPS) is 11.4. The molecule has 0 saturated carbocycles. The van der Waals surface area contributed by atoms with Gasteiger partial charge in [-0.2, -0.15) is 0 Å². The fourth-order valence-electron chi connectivity index (χ4n) is 5.82. The molecule has 0 aliphatic carbocycles. The van der Waals surface area contributed by atoms with E-state index in [1.807, 2.05) is 23.5 Å². The molecule has 0 fully saturated rings. The van der Waals surface area contributed by atoms with Crippen molar-refractivity contribution < 1.29 is 33.3 Å². The molecule has 5 aromatic carbocycles. The SMILES string of the molecule is [O-][Cl+3]([O-])([O-])[O-].c1ccc(-c2cc(-c3ccc(C(c4ccccc4)(c4ccccc4)c4ccccc4)s3)cc(-c3ccccc3)[o+]2)cc1. The molecular weight excluding hydrogens is 628 g/mol. The molecule has 0 spiro atoms. The van der Waals surface area contributed by atoms with E-state index < -0.39 is 15.7 Å². The van der Waals surface area contributed by atoms with Crippen molar-refractivity contribution in [1.29, 1.82) is 0 Å². The molecule has 5 nitrogen and oxygen atoms in total. The summed E-state index contributed by atoms with van der Waals surface area (Å²) in [4.78, 5) is 2.46. The Labute approximate surface area is 279 Å². The van der Waals surface area contributed by atoms with E-state index in [1.165, 1.54) is 26.4 Å². The van der Waals surface area contributed by atoms with Crippen molar-refractivity contribution in [1.82, 2.24) is 0 Å². The Hall–Kier alpha value is -4.92. The van der Waals surface area contributed by atoms with Gasteiger partial charge in [0.1, 0.15) is 0 Å². The van der Waals surface area contributed by atoms with Gasteiger partial charge in [-0.3, -0.25) is 0 Å². The first-order valence-electron chi connectivity index (χ1n) is 14.8. The molecule has 47 heavy (non-hydrogen) atoms. The van der Waals surface area contributed by atoms with Crippen LogP contribution in [-0.4, -0.2) is 0 Å². The summed E-state index contributed by atoms with van der Waals surface area (Å²) in [6, 6.07) is 62.2. The average Bonchev–Trinajstić information content (AvgIpc) is 3.61. The molecule has 0 radical (unpaired) electrons. The Morgan fingerprint density at radius 1 is 0.426 bits per heavy atom. The van der Waals surface area contributed by atoms with Gasteiger partial charge in [-0.25, -0.2) is 23.1 Å². The van der Waals surface area contributed by atoms with Crippen molar-refractivity contribution >= 4 is 11.3 Å². The first kappa shape index (κ1) is 32.0. The molecule has 2 aromatic heterocycles. The fourth-order valence-corrected chi connectivity index (χ4v) is 7.07. The second-order valence-electron chi connectivity index (χ2n) is 10.7. The zero-order chi connectivity index (χ0) is 32.7. The van der Waals surface area contributed by atoms with E-state index in [1.54, 1.807) is 0 Å². The second-order valence-corrected chi connectivity index (χ2v) is 12.5. The highest BCUT2D eigenvalue weighted by molar-refractivity contribution is 7.15. The summed E-state index contributed by atoms with van der Waals surface area (Å²) in [5.74, 6) is 1.70. The minimum Gasteiger partial charge on any atom is -0.222 e. The Balaban J connectivity index is 0.000000720. The van der Waals surface area contributed by atoms with Crippen LogP contribution in [0.5, 0.6) is 0 Å². The quantitative estimate of drug-likeness (QED) is 0.149. The molecule has 0 aliphatic heterocycles. The Morgan fingerprint density at radius 3 is 1.13 bits per heavy atom. The summed E-state index contributed by atoms with van der Waals surface area (Å²) in [5.41, 5.74) is 6.52. The maximum Gasteiger partial charge on any atom is 0.361 e. The highest BCUT2D eigenvalue weighted by Gasteiger charge is 2.39. The molecule has 0 amide bonds. The lowest BCUT2D eigenvalue weighted by Crippen LogP contribution is -2.68. The van der Waals surface area contributed by atoms with Crippen LogP contribution in [0.2, 0.25) is 0 Å². The minimum atomic E-state index is -4.94. The average molecular weight is 657 g/mol. The van der Waals surface area contributed by atoms with Crippen LogP contribution in [0.15, 0.2) is 180 Å². The predicted octanol–water partition coefficient (Wildman–Crippen LogP) is 6.25. The molecular formula is C40H29ClO5S. The monoisotopic (exact) mass is 656 g/mol. The maximum absolute atomic E-state index is 8.49. The third kappa shape index (κ3) is 7.40. The lowest BCUT2D eigenvalue weighted by Gasteiger charge is -2.35. The standard InChI is InChI=1S/C40H29OS.ClHO4/c1-6-16-30(17-7-1)36-28-32(29-37(41-36)31-18-8-2-9-19-31)38-26-27-39(42-38)40(33-20-10-3-11-21-33,34-22-12-4-13-23-34)35-24-14-5-15-25-35;2-1(3,4)5/h1-29H;(H,2,3,4,5)/q+1;/p-1. The number of benzene rings is 5. The minimum absolute atomic E-state index is 0.462. The third-order valence-electron chi connectivity index (χ3n) is 7.79. The molecule has 232 valence electrons. The van der Waals surface area contributed by atoms with E-state index in [9.17, 15) is 0 Å². The molecule has 0 aliphatic rings. The molecule has 7 heteroatoms. The van der Waals surface area contributed by atoms with Crippen LogP contribution in [0.1, 0.15) is 21.6 Å². The molecule has 7 rings (SSSR count). The summed E-state index contributed by atoms with van der Waals surface area (Å²) in [7, 11) is -4.94. The van der Waals surface area contributed by atoms with Crippen LogP contribution < -0.4 is 18.6 Å². The van der Waals surface area contributed by atoms with Gasteiger partial charge >= 0.3 is 11.5 Å². The number of rotatable bonds is 7. The number of thiophene rings is 1. The summed E-state index contributed by atoms with van der Waals surface area (Å²) in [6.07, 6.45) is 0. The molecule has 0 bridgehead atoms. The molecule has 0 unspecified atom stereocenters. The molecule has 7 aromatic rings. The van der Waals surface area contributed by atoms with Gasteiger partial charge in [0.05, 0.1) is 28.7 Å². The second kappa shape index (κ2) is 14.2. The van der Waals surface area contributed by atoms with Crippen LogP contribution in [0.4, 0.5) is 0 Å². The van der Waals surface area contributed by atoms with Gasteiger partial charge in [-0.05, 0) is 53.1 Å². The zero-order valence-electron chi connectivity index (χ0n) is 25.1. The summed E-state index contributed by atoms with van der Waals surface area (Å²) in [5, 5.41) is 0. The van der Waals surface area contributed by atoms with Crippen LogP contribution in [0, 0.1) is 10.2 Å². The lowest BCUT2D eigenvalue weighted by molar-refractivity contribution is -2.00.